The van der Waals surface area contributed by atoms with Gasteiger partial charge in [0.05, 0.1) is 19.2 Å². The summed E-state index contributed by atoms with van der Waals surface area (Å²) in [7, 11) is 1.69. The molecule has 0 unspecified atom stereocenters. The van der Waals surface area contributed by atoms with E-state index >= 15 is 0 Å². The summed E-state index contributed by atoms with van der Waals surface area (Å²) in [6.07, 6.45) is 2.15. The Bertz CT molecular complexity index is 1200. The van der Waals surface area contributed by atoms with Crippen molar-refractivity contribution in [1.29, 1.82) is 0 Å². The molecule has 8 nitrogen and oxygen atoms in total. The predicted molar refractivity (Wildman–Crippen MR) is 136 cm³/mol. The fourth-order valence-corrected chi connectivity index (χ4v) is 3.87. The molecule has 0 radical (unpaired) electrons. The van der Waals surface area contributed by atoms with Gasteiger partial charge in [0, 0.05) is 30.6 Å². The van der Waals surface area contributed by atoms with E-state index in [9.17, 15) is 0 Å². The maximum absolute atomic E-state index is 7.57. The lowest BCUT2D eigenvalue weighted by Gasteiger charge is -2.15. The van der Waals surface area contributed by atoms with Gasteiger partial charge in [0.2, 0.25) is 5.95 Å². The van der Waals surface area contributed by atoms with Crippen LogP contribution in [0.25, 0.3) is 21.9 Å². The summed E-state index contributed by atoms with van der Waals surface area (Å²) in [5, 5.41) is 12.1. The first-order valence-electron chi connectivity index (χ1n) is 11.3. The van der Waals surface area contributed by atoms with Crippen molar-refractivity contribution in [3.8, 4) is 5.75 Å². The van der Waals surface area contributed by atoms with Crippen LogP contribution in [-0.2, 0) is 13.1 Å². The Morgan fingerprint density at radius 1 is 1.12 bits per heavy atom. The second kappa shape index (κ2) is 11.5. The first-order valence-corrected chi connectivity index (χ1v) is 11.3. The summed E-state index contributed by atoms with van der Waals surface area (Å²) in [5.74, 6) is 1.86. The minimum absolute atomic E-state index is 0.250. The number of hydrogen-bond donors (Lipinski definition) is 4. The Morgan fingerprint density at radius 3 is 2.58 bits per heavy atom. The number of fused-ring (bicyclic) bond motifs is 3. The molecular weight excluding hydrogens is 416 g/mol. The highest BCUT2D eigenvalue weighted by atomic mass is 16.5. The monoisotopic (exact) mass is 450 g/mol. The number of methoxy groups -OCH3 is 1. The number of aliphatic hydroxyl groups excluding tert-OH is 1. The molecule has 4 aromatic rings. The van der Waals surface area contributed by atoms with E-state index in [1.165, 1.54) is 0 Å². The van der Waals surface area contributed by atoms with Gasteiger partial charge in [0.25, 0.3) is 0 Å². The normalized spacial score (nSPS) is 10.8. The van der Waals surface area contributed by atoms with Crippen LogP contribution in [0.4, 0.5) is 11.8 Å². The van der Waals surface area contributed by atoms with Crippen molar-refractivity contribution in [3.63, 3.8) is 0 Å². The molecule has 0 saturated heterocycles. The molecule has 2 heterocycles. The number of nitrogens with one attached hydrogen (secondary N) is 1. The predicted octanol–water partition coefficient (Wildman–Crippen LogP) is 3.89. The van der Waals surface area contributed by atoms with E-state index in [2.05, 4.69) is 45.0 Å². The third kappa shape index (κ3) is 5.35. The number of unbranched alkanes of at least 4 members (excludes halogenated alkanes) is 1. The number of nitrogens with zero attached hydrogens (tertiary/aromatic N) is 3. The van der Waals surface area contributed by atoms with Gasteiger partial charge in [0.15, 0.2) is 5.82 Å². The van der Waals surface area contributed by atoms with Crippen LogP contribution in [0.5, 0.6) is 5.75 Å². The van der Waals surface area contributed by atoms with Crippen molar-refractivity contribution in [2.24, 2.45) is 5.73 Å². The fourth-order valence-electron chi connectivity index (χ4n) is 3.87. The van der Waals surface area contributed by atoms with Crippen LogP contribution in [-0.4, -0.2) is 39.9 Å². The van der Waals surface area contributed by atoms with Gasteiger partial charge in [-0.05, 0) is 37.1 Å². The first kappa shape index (κ1) is 24.3. The maximum atomic E-state index is 7.57. The standard InChI is InChI=1S/C23H28N6O.C2H6O/c1-3-4-11-26-22-21-20(27-23(25)28-22)17-7-5-6-8-18(17)29(21)14-16-12-15(13-24)9-10-19(16)30-2;1-2-3/h5-10,12H,3-4,11,13-14,24H2,1-2H3,(H3,25,26,27,28);3H,2H2,1H3. The number of aromatic nitrogens is 3. The minimum atomic E-state index is 0.250. The van der Waals surface area contributed by atoms with Crippen molar-refractivity contribution < 1.29 is 9.84 Å². The third-order valence-corrected chi connectivity index (χ3v) is 5.35. The van der Waals surface area contributed by atoms with E-state index in [0.717, 1.165) is 64.0 Å². The molecule has 0 aliphatic heterocycles. The summed E-state index contributed by atoms with van der Waals surface area (Å²) >= 11 is 0. The van der Waals surface area contributed by atoms with Gasteiger partial charge in [-0.1, -0.05) is 37.6 Å². The van der Waals surface area contributed by atoms with Gasteiger partial charge in [0.1, 0.15) is 16.8 Å². The van der Waals surface area contributed by atoms with Crippen LogP contribution < -0.4 is 21.5 Å². The zero-order chi connectivity index (χ0) is 23.8. The second-order valence-corrected chi connectivity index (χ2v) is 7.68. The lowest BCUT2D eigenvalue weighted by molar-refractivity contribution is 0.318. The molecule has 0 atom stereocenters. The SMILES string of the molecule is CCCCNc1nc(N)nc2c3ccccc3n(Cc3cc(CN)ccc3OC)c12.CCO. The molecule has 0 aliphatic rings. The van der Waals surface area contributed by atoms with Gasteiger partial charge < -0.3 is 31.2 Å². The molecule has 0 amide bonds. The van der Waals surface area contributed by atoms with Crippen LogP contribution in [0.1, 0.15) is 37.8 Å². The van der Waals surface area contributed by atoms with Gasteiger partial charge in [-0.15, -0.1) is 0 Å². The lowest BCUT2D eigenvalue weighted by atomic mass is 10.1. The number of benzene rings is 2. The molecule has 0 fully saturated rings. The Hall–Kier alpha value is -3.36. The summed E-state index contributed by atoms with van der Waals surface area (Å²) in [5.41, 5.74) is 16.9. The minimum Gasteiger partial charge on any atom is -0.496 e. The average Bonchev–Trinajstić information content (AvgIpc) is 3.13. The summed E-state index contributed by atoms with van der Waals surface area (Å²) < 4.78 is 7.86. The smallest absolute Gasteiger partial charge is 0.222 e. The van der Waals surface area contributed by atoms with Gasteiger partial charge in [-0.2, -0.15) is 4.98 Å². The number of rotatable bonds is 8. The topological polar surface area (TPSA) is 124 Å². The molecule has 0 bridgehead atoms. The largest absolute Gasteiger partial charge is 0.496 e. The van der Waals surface area contributed by atoms with E-state index in [-0.39, 0.29) is 12.6 Å². The fraction of sp³-hybridized carbons (Fsp3) is 0.360. The molecule has 4 rings (SSSR count). The van der Waals surface area contributed by atoms with E-state index < -0.39 is 0 Å². The van der Waals surface area contributed by atoms with Crippen LogP contribution in [0.15, 0.2) is 42.5 Å². The number of nitrogens with two attached hydrogens (primary N) is 2. The summed E-state index contributed by atoms with van der Waals surface area (Å²) in [6.45, 7) is 6.01. The van der Waals surface area contributed by atoms with Crippen LogP contribution >= 0.6 is 0 Å². The molecule has 0 saturated carbocycles. The molecule has 2 aromatic carbocycles. The highest BCUT2D eigenvalue weighted by Gasteiger charge is 2.18. The Balaban J connectivity index is 0.000000968. The second-order valence-electron chi connectivity index (χ2n) is 7.68. The number of anilines is 2. The molecule has 2 aromatic heterocycles. The van der Waals surface area contributed by atoms with E-state index in [1.54, 1.807) is 14.0 Å². The van der Waals surface area contributed by atoms with Crippen LogP contribution in [0, 0.1) is 0 Å². The highest BCUT2D eigenvalue weighted by molar-refractivity contribution is 6.09. The zero-order valence-electron chi connectivity index (χ0n) is 19.6. The van der Waals surface area contributed by atoms with Crippen LogP contribution in [0.2, 0.25) is 0 Å². The number of aliphatic hydroxyl groups is 1. The molecular formula is C25H34N6O2. The van der Waals surface area contributed by atoms with Gasteiger partial charge in [-0.3, -0.25) is 0 Å². The van der Waals surface area contributed by atoms with Crippen molar-refractivity contribution in [2.45, 2.75) is 39.8 Å². The van der Waals surface area contributed by atoms with E-state index in [4.69, 9.17) is 21.3 Å². The Morgan fingerprint density at radius 2 is 1.88 bits per heavy atom. The average molecular weight is 451 g/mol. The number of ether oxygens (including phenoxy) is 1. The van der Waals surface area contributed by atoms with E-state index in [0.29, 0.717) is 13.1 Å². The molecule has 6 N–H and O–H groups in total. The molecule has 0 aliphatic carbocycles. The van der Waals surface area contributed by atoms with Crippen molar-refractivity contribution >= 4 is 33.7 Å². The summed E-state index contributed by atoms with van der Waals surface area (Å²) in [6, 6.07) is 14.3. The summed E-state index contributed by atoms with van der Waals surface area (Å²) in [4.78, 5) is 9.12. The Kier molecular flexibility index (Phi) is 8.46. The Labute approximate surface area is 194 Å². The highest BCUT2D eigenvalue weighted by Crippen LogP contribution is 2.34. The molecule has 8 heteroatoms. The number of para-hydroxylation sites is 1. The van der Waals surface area contributed by atoms with Crippen LogP contribution in [0.3, 0.4) is 0 Å². The first-order chi connectivity index (χ1) is 16.1. The molecule has 176 valence electrons. The third-order valence-electron chi connectivity index (χ3n) is 5.35. The molecule has 0 spiro atoms. The van der Waals surface area contributed by atoms with Gasteiger partial charge >= 0.3 is 0 Å². The van der Waals surface area contributed by atoms with Crippen molar-refractivity contribution in [3.05, 3.63) is 53.6 Å². The quantitative estimate of drug-likeness (QED) is 0.300. The number of nitrogen functional groups attached to an aromatic ring is 1. The van der Waals surface area contributed by atoms with Crippen molar-refractivity contribution in [1.82, 2.24) is 14.5 Å². The molecule has 33 heavy (non-hydrogen) atoms. The van der Waals surface area contributed by atoms with E-state index in [1.807, 2.05) is 24.3 Å². The lowest BCUT2D eigenvalue weighted by Crippen LogP contribution is -2.10. The maximum Gasteiger partial charge on any atom is 0.222 e. The van der Waals surface area contributed by atoms with Crippen molar-refractivity contribution in [2.75, 3.05) is 31.3 Å². The zero-order valence-corrected chi connectivity index (χ0v) is 19.6. The van der Waals surface area contributed by atoms with Gasteiger partial charge in [-0.25, -0.2) is 4.98 Å². The number of hydrogen-bond acceptors (Lipinski definition) is 7.